The first-order valence-corrected chi connectivity index (χ1v) is 6.57. The van der Waals surface area contributed by atoms with Crippen molar-refractivity contribution in [3.63, 3.8) is 0 Å². The number of hydrogen-bond acceptors (Lipinski definition) is 2. The summed E-state index contributed by atoms with van der Waals surface area (Å²) in [6, 6.07) is 5.25. The van der Waals surface area contributed by atoms with Gasteiger partial charge in [0.1, 0.15) is 5.82 Å². The molecule has 0 radical (unpaired) electrons. The topological polar surface area (TPSA) is 23.5 Å². The van der Waals surface area contributed by atoms with Gasteiger partial charge in [0.2, 0.25) is 0 Å². The summed E-state index contributed by atoms with van der Waals surface area (Å²) in [5.74, 6) is -0.154. The van der Waals surface area contributed by atoms with Crippen molar-refractivity contribution < 1.29 is 9.50 Å². The van der Waals surface area contributed by atoms with Crippen LogP contribution in [0, 0.1) is 9.39 Å². The maximum atomic E-state index is 13.1. The monoisotopic (exact) mass is 335 g/mol. The van der Waals surface area contributed by atoms with Crippen molar-refractivity contribution in [1.82, 2.24) is 4.90 Å². The van der Waals surface area contributed by atoms with Crippen LogP contribution in [0.4, 0.5) is 4.39 Å². The van der Waals surface area contributed by atoms with Gasteiger partial charge in [0.25, 0.3) is 0 Å². The lowest BCUT2D eigenvalue weighted by atomic mass is 10.1. The minimum absolute atomic E-state index is 0.135. The van der Waals surface area contributed by atoms with E-state index < -0.39 is 0 Å². The molecular weight excluding hydrogens is 320 g/mol. The molecule has 16 heavy (non-hydrogen) atoms. The smallest absolute Gasteiger partial charge is 0.136 e. The second-order valence-corrected chi connectivity index (χ2v) is 5.42. The zero-order chi connectivity index (χ0) is 11.5. The van der Waals surface area contributed by atoms with E-state index in [9.17, 15) is 9.50 Å². The molecule has 0 amide bonds. The first kappa shape index (κ1) is 12.3. The molecule has 1 aliphatic heterocycles. The normalized spacial score (nSPS) is 18.9. The quantitative estimate of drug-likeness (QED) is 0.839. The van der Waals surface area contributed by atoms with Crippen molar-refractivity contribution in [3.05, 3.63) is 33.1 Å². The van der Waals surface area contributed by atoms with Crippen LogP contribution in [0.2, 0.25) is 0 Å². The SMILES string of the molecule is OC1CCN(Cc2ccc(F)c(I)c2)CC1. The van der Waals surface area contributed by atoms with Gasteiger partial charge in [-0.3, -0.25) is 4.90 Å². The average Bonchev–Trinajstić information content (AvgIpc) is 2.27. The van der Waals surface area contributed by atoms with E-state index >= 15 is 0 Å². The molecular formula is C12H15FINO. The lowest BCUT2D eigenvalue weighted by molar-refractivity contribution is 0.0792. The van der Waals surface area contributed by atoms with Gasteiger partial charge in [0, 0.05) is 23.2 Å². The van der Waals surface area contributed by atoms with E-state index in [1.54, 1.807) is 0 Å². The molecule has 1 N–H and O–H groups in total. The maximum absolute atomic E-state index is 13.1. The van der Waals surface area contributed by atoms with E-state index in [-0.39, 0.29) is 11.9 Å². The van der Waals surface area contributed by atoms with E-state index in [1.165, 1.54) is 6.07 Å². The predicted octanol–water partition coefficient (Wildman–Crippen LogP) is 2.39. The number of likely N-dealkylation sites (tertiary alicyclic amines) is 1. The molecule has 0 bridgehead atoms. The summed E-state index contributed by atoms with van der Waals surface area (Å²) in [6.45, 7) is 2.70. The first-order valence-electron chi connectivity index (χ1n) is 5.49. The number of aliphatic hydroxyl groups excluding tert-OH is 1. The predicted molar refractivity (Wildman–Crippen MR) is 69.6 cm³/mol. The number of piperidine rings is 1. The van der Waals surface area contributed by atoms with Crippen molar-refractivity contribution in [3.8, 4) is 0 Å². The summed E-state index contributed by atoms with van der Waals surface area (Å²) in [5.41, 5.74) is 1.14. The molecule has 0 atom stereocenters. The van der Waals surface area contributed by atoms with Gasteiger partial charge in [-0.2, -0.15) is 0 Å². The van der Waals surface area contributed by atoms with Crippen molar-refractivity contribution in [2.75, 3.05) is 13.1 Å². The van der Waals surface area contributed by atoms with E-state index in [4.69, 9.17) is 0 Å². The lowest BCUT2D eigenvalue weighted by Gasteiger charge is -2.29. The van der Waals surface area contributed by atoms with Crippen LogP contribution in [0.15, 0.2) is 18.2 Å². The van der Waals surface area contributed by atoms with E-state index in [1.807, 2.05) is 34.7 Å². The molecule has 4 heteroatoms. The summed E-state index contributed by atoms with van der Waals surface area (Å²) in [5, 5.41) is 9.40. The minimum Gasteiger partial charge on any atom is -0.393 e. The third-order valence-electron chi connectivity index (χ3n) is 2.95. The second-order valence-electron chi connectivity index (χ2n) is 4.26. The van der Waals surface area contributed by atoms with E-state index in [0.717, 1.165) is 38.0 Å². The maximum Gasteiger partial charge on any atom is 0.136 e. The highest BCUT2D eigenvalue weighted by molar-refractivity contribution is 14.1. The van der Waals surface area contributed by atoms with Crippen LogP contribution in [0.1, 0.15) is 18.4 Å². The van der Waals surface area contributed by atoms with Crippen LogP contribution in [0.3, 0.4) is 0 Å². The Morgan fingerprint density at radius 1 is 1.38 bits per heavy atom. The molecule has 0 saturated carbocycles. The summed E-state index contributed by atoms with van der Waals surface area (Å²) >= 11 is 2.01. The molecule has 0 aromatic heterocycles. The molecule has 2 rings (SSSR count). The zero-order valence-corrected chi connectivity index (χ0v) is 11.2. The Bertz CT molecular complexity index is 364. The number of nitrogens with zero attached hydrogens (tertiary/aromatic N) is 1. The third-order valence-corrected chi connectivity index (χ3v) is 3.77. The van der Waals surface area contributed by atoms with Gasteiger partial charge < -0.3 is 5.11 Å². The fourth-order valence-electron chi connectivity index (χ4n) is 1.97. The molecule has 0 spiro atoms. The van der Waals surface area contributed by atoms with Crippen molar-refractivity contribution >= 4 is 22.6 Å². The zero-order valence-electron chi connectivity index (χ0n) is 9.00. The Morgan fingerprint density at radius 3 is 2.69 bits per heavy atom. The molecule has 1 fully saturated rings. The van der Waals surface area contributed by atoms with Gasteiger partial charge in [-0.05, 0) is 53.1 Å². The Balaban J connectivity index is 1.96. The average molecular weight is 335 g/mol. The summed E-state index contributed by atoms with van der Waals surface area (Å²) in [7, 11) is 0. The molecule has 0 aliphatic carbocycles. The largest absolute Gasteiger partial charge is 0.393 e. The summed E-state index contributed by atoms with van der Waals surface area (Å²) in [6.07, 6.45) is 1.56. The molecule has 1 heterocycles. The first-order chi connectivity index (χ1) is 7.65. The number of hydrogen-bond donors (Lipinski definition) is 1. The number of aliphatic hydroxyl groups is 1. The molecule has 1 aromatic carbocycles. The Hall–Kier alpha value is -0.200. The fraction of sp³-hybridized carbons (Fsp3) is 0.500. The minimum atomic E-state index is -0.154. The van der Waals surface area contributed by atoms with E-state index in [2.05, 4.69) is 4.90 Å². The molecule has 1 aliphatic rings. The van der Waals surface area contributed by atoms with Gasteiger partial charge in [-0.15, -0.1) is 0 Å². The van der Waals surface area contributed by atoms with Crippen molar-refractivity contribution in [2.45, 2.75) is 25.5 Å². The molecule has 0 unspecified atom stereocenters. The van der Waals surface area contributed by atoms with Crippen LogP contribution in [0.5, 0.6) is 0 Å². The standard InChI is InChI=1S/C12H15FINO/c13-11-2-1-9(7-12(11)14)8-15-5-3-10(16)4-6-15/h1-2,7,10,16H,3-6,8H2. The van der Waals surface area contributed by atoms with Crippen LogP contribution >= 0.6 is 22.6 Å². The van der Waals surface area contributed by atoms with Crippen molar-refractivity contribution in [2.24, 2.45) is 0 Å². The summed E-state index contributed by atoms with van der Waals surface area (Å²) < 4.78 is 13.7. The fourth-order valence-corrected chi connectivity index (χ4v) is 2.55. The highest BCUT2D eigenvalue weighted by Gasteiger charge is 2.16. The van der Waals surface area contributed by atoms with Crippen molar-refractivity contribution in [1.29, 1.82) is 0 Å². The molecule has 88 valence electrons. The van der Waals surface area contributed by atoms with Gasteiger partial charge in [-0.25, -0.2) is 4.39 Å². The lowest BCUT2D eigenvalue weighted by Crippen LogP contribution is -2.35. The van der Waals surface area contributed by atoms with Gasteiger partial charge in [0.05, 0.1) is 6.10 Å². The summed E-state index contributed by atoms with van der Waals surface area (Å²) in [4.78, 5) is 2.30. The third kappa shape index (κ3) is 3.15. The number of benzene rings is 1. The number of rotatable bonds is 2. The van der Waals surface area contributed by atoms with E-state index in [0.29, 0.717) is 3.57 Å². The van der Waals surface area contributed by atoms with Crippen LogP contribution in [0.25, 0.3) is 0 Å². The van der Waals surface area contributed by atoms with Gasteiger partial charge in [-0.1, -0.05) is 6.07 Å². The second kappa shape index (κ2) is 5.42. The van der Waals surface area contributed by atoms with Crippen LogP contribution < -0.4 is 0 Å². The highest BCUT2D eigenvalue weighted by atomic mass is 127. The molecule has 1 aromatic rings. The Morgan fingerprint density at radius 2 is 2.06 bits per heavy atom. The molecule has 1 saturated heterocycles. The number of halogens is 2. The highest BCUT2D eigenvalue weighted by Crippen LogP contribution is 2.17. The van der Waals surface area contributed by atoms with Gasteiger partial charge in [0.15, 0.2) is 0 Å². The van der Waals surface area contributed by atoms with Crippen LogP contribution in [-0.4, -0.2) is 29.2 Å². The van der Waals surface area contributed by atoms with Gasteiger partial charge >= 0.3 is 0 Å². The molecule has 2 nitrogen and oxygen atoms in total. The Kier molecular flexibility index (Phi) is 4.16. The van der Waals surface area contributed by atoms with Crippen LogP contribution in [-0.2, 0) is 6.54 Å². The Labute approximate surface area is 109 Å².